The third kappa shape index (κ3) is 4.42. The molecule has 0 spiro atoms. The van der Waals surface area contributed by atoms with Gasteiger partial charge in [-0.1, -0.05) is 22.0 Å². The smallest absolute Gasteiger partial charge is 0.308 e. The van der Waals surface area contributed by atoms with Gasteiger partial charge in [0.15, 0.2) is 0 Å². The molecule has 8 heteroatoms. The fourth-order valence-electron chi connectivity index (χ4n) is 1.91. The molecule has 0 radical (unpaired) electrons. The lowest BCUT2D eigenvalue weighted by atomic mass is 10.1. The number of amides is 1. The van der Waals surface area contributed by atoms with Crippen LogP contribution in [0.2, 0.25) is 0 Å². The molecule has 124 valence electrons. The number of rotatable bonds is 4. The highest BCUT2D eigenvalue weighted by Crippen LogP contribution is 2.31. The average Bonchev–Trinajstić information content (AvgIpc) is 2.49. The summed E-state index contributed by atoms with van der Waals surface area (Å²) < 4.78 is 5.81. The van der Waals surface area contributed by atoms with Crippen molar-refractivity contribution in [2.75, 3.05) is 5.32 Å². The maximum atomic E-state index is 12.4. The van der Waals surface area contributed by atoms with Gasteiger partial charge in [0, 0.05) is 27.0 Å². The Bertz CT molecular complexity index is 835. The van der Waals surface area contributed by atoms with Crippen molar-refractivity contribution in [3.05, 3.63) is 56.5 Å². The summed E-state index contributed by atoms with van der Waals surface area (Å²) in [6.07, 6.45) is 0. The van der Waals surface area contributed by atoms with E-state index >= 15 is 0 Å². The summed E-state index contributed by atoms with van der Waals surface area (Å²) in [6.45, 7) is 1.25. The van der Waals surface area contributed by atoms with Crippen LogP contribution in [0.1, 0.15) is 27.6 Å². The summed E-state index contributed by atoms with van der Waals surface area (Å²) in [4.78, 5) is 34.6. The maximum absolute atomic E-state index is 12.4. The molecule has 0 saturated carbocycles. The summed E-state index contributed by atoms with van der Waals surface area (Å²) in [5.41, 5.74) is 0.0923. The first-order valence-electron chi connectivity index (χ1n) is 6.58. The zero-order valence-corrected chi connectivity index (χ0v) is 15.4. The fourth-order valence-corrected chi connectivity index (χ4v) is 3.24. The van der Waals surface area contributed by atoms with E-state index in [0.717, 1.165) is 0 Å². The number of hydrogen-bond donors (Lipinski definition) is 1. The molecule has 0 aliphatic carbocycles. The molecule has 0 atom stereocenters. The third-order valence-electron chi connectivity index (χ3n) is 2.87. The Morgan fingerprint density at radius 1 is 1.12 bits per heavy atom. The van der Waals surface area contributed by atoms with E-state index in [1.807, 2.05) is 0 Å². The standard InChI is InChI=1S/C16H11Br2NO5/c1-8(20)24-11-4-2-3-9(5-11)15(21)19-14-12(16(22)23)6-10(17)7-13(14)18/h2-7H,1H3,(H,19,21)(H,22,23)/p-1. The lowest BCUT2D eigenvalue weighted by Gasteiger charge is -2.15. The molecule has 0 bridgehead atoms. The maximum Gasteiger partial charge on any atom is 0.308 e. The highest BCUT2D eigenvalue weighted by molar-refractivity contribution is 9.11. The second-order valence-corrected chi connectivity index (χ2v) is 6.44. The van der Waals surface area contributed by atoms with E-state index < -0.39 is 17.8 Å². The molecule has 2 rings (SSSR count). The number of carbonyl (C=O) groups is 3. The van der Waals surface area contributed by atoms with Crippen LogP contribution in [0.3, 0.4) is 0 Å². The van der Waals surface area contributed by atoms with Crippen LogP contribution in [0.25, 0.3) is 0 Å². The predicted octanol–water partition coefficient (Wildman–Crippen LogP) is 2.75. The second kappa shape index (κ2) is 7.59. The normalized spacial score (nSPS) is 10.1. The first-order chi connectivity index (χ1) is 11.3. The van der Waals surface area contributed by atoms with Gasteiger partial charge in [0.1, 0.15) is 5.75 Å². The van der Waals surface area contributed by atoms with E-state index in [0.29, 0.717) is 8.95 Å². The summed E-state index contributed by atoms with van der Waals surface area (Å²) in [5, 5.41) is 13.8. The van der Waals surface area contributed by atoms with Gasteiger partial charge in [0.2, 0.25) is 0 Å². The number of nitrogens with one attached hydrogen (secondary N) is 1. The van der Waals surface area contributed by atoms with Crippen molar-refractivity contribution in [3.63, 3.8) is 0 Å². The number of carboxylic acids is 1. The van der Waals surface area contributed by atoms with Crippen LogP contribution in [0.15, 0.2) is 45.3 Å². The molecule has 24 heavy (non-hydrogen) atoms. The van der Waals surface area contributed by atoms with Crippen molar-refractivity contribution >= 4 is 55.4 Å². The Hall–Kier alpha value is -2.19. The van der Waals surface area contributed by atoms with Crippen LogP contribution in [0.5, 0.6) is 5.75 Å². The van der Waals surface area contributed by atoms with E-state index in [2.05, 4.69) is 37.2 Å². The van der Waals surface area contributed by atoms with Crippen LogP contribution in [-0.2, 0) is 4.79 Å². The minimum absolute atomic E-state index is 0.0705. The number of halogens is 2. The molecule has 0 unspecified atom stereocenters. The van der Waals surface area contributed by atoms with Gasteiger partial charge in [0.25, 0.3) is 5.91 Å². The number of anilines is 1. The molecule has 0 aliphatic heterocycles. The highest BCUT2D eigenvalue weighted by atomic mass is 79.9. The van der Waals surface area contributed by atoms with E-state index in [9.17, 15) is 19.5 Å². The highest BCUT2D eigenvalue weighted by Gasteiger charge is 2.15. The van der Waals surface area contributed by atoms with Crippen molar-refractivity contribution < 1.29 is 24.2 Å². The van der Waals surface area contributed by atoms with Crippen molar-refractivity contribution in [2.45, 2.75) is 6.92 Å². The summed E-state index contributed by atoms with van der Waals surface area (Å²) >= 11 is 6.39. The van der Waals surface area contributed by atoms with Gasteiger partial charge >= 0.3 is 5.97 Å². The SMILES string of the molecule is CC(=O)Oc1cccc(C(=O)Nc2c(Br)cc(Br)cc2C(=O)[O-])c1. The van der Waals surface area contributed by atoms with Crippen molar-refractivity contribution in [1.29, 1.82) is 0 Å². The van der Waals surface area contributed by atoms with Gasteiger partial charge in [-0.3, -0.25) is 9.59 Å². The molecule has 1 amide bonds. The lowest BCUT2D eigenvalue weighted by molar-refractivity contribution is -0.254. The molecule has 2 aromatic carbocycles. The fraction of sp³-hybridized carbons (Fsp3) is 0.0625. The van der Waals surface area contributed by atoms with Crippen molar-refractivity contribution in [2.24, 2.45) is 0 Å². The molecule has 0 fully saturated rings. The number of aromatic carboxylic acids is 1. The minimum Gasteiger partial charge on any atom is -0.545 e. The van der Waals surface area contributed by atoms with Crippen LogP contribution < -0.4 is 15.2 Å². The molecular weight excluding hydrogens is 446 g/mol. The molecule has 0 aromatic heterocycles. The van der Waals surface area contributed by atoms with Gasteiger partial charge in [0.05, 0.1) is 11.7 Å². The van der Waals surface area contributed by atoms with Crippen LogP contribution in [0, 0.1) is 0 Å². The summed E-state index contributed by atoms with van der Waals surface area (Å²) in [5.74, 6) is -2.29. The zero-order chi connectivity index (χ0) is 17.9. The number of carbonyl (C=O) groups excluding carboxylic acids is 3. The van der Waals surface area contributed by atoms with E-state index in [1.165, 1.54) is 31.2 Å². The Morgan fingerprint density at radius 2 is 1.83 bits per heavy atom. The summed E-state index contributed by atoms with van der Waals surface area (Å²) in [7, 11) is 0. The van der Waals surface area contributed by atoms with Crippen LogP contribution in [0.4, 0.5) is 5.69 Å². The van der Waals surface area contributed by atoms with E-state index in [1.54, 1.807) is 12.1 Å². The first-order valence-corrected chi connectivity index (χ1v) is 8.16. The van der Waals surface area contributed by atoms with Gasteiger partial charge in [-0.25, -0.2) is 0 Å². The average molecular weight is 456 g/mol. The quantitative estimate of drug-likeness (QED) is 0.564. The number of carboxylic acid groups (broad SMARTS) is 1. The largest absolute Gasteiger partial charge is 0.545 e. The van der Waals surface area contributed by atoms with Gasteiger partial charge in [-0.05, 0) is 46.3 Å². The minimum atomic E-state index is -1.43. The Labute approximate surface area is 154 Å². The topological polar surface area (TPSA) is 95.5 Å². The Kier molecular flexibility index (Phi) is 5.74. The molecule has 0 saturated heterocycles. The van der Waals surface area contributed by atoms with Crippen molar-refractivity contribution in [3.8, 4) is 5.75 Å². The Balaban J connectivity index is 2.34. The zero-order valence-electron chi connectivity index (χ0n) is 12.3. The number of hydrogen-bond acceptors (Lipinski definition) is 5. The second-order valence-electron chi connectivity index (χ2n) is 4.67. The van der Waals surface area contributed by atoms with Crippen molar-refractivity contribution in [1.82, 2.24) is 0 Å². The number of benzene rings is 2. The van der Waals surface area contributed by atoms with Crippen LogP contribution in [-0.4, -0.2) is 17.8 Å². The molecule has 0 heterocycles. The van der Waals surface area contributed by atoms with Crippen LogP contribution >= 0.6 is 31.9 Å². The van der Waals surface area contributed by atoms with E-state index in [-0.39, 0.29) is 22.6 Å². The number of esters is 1. The first kappa shape index (κ1) is 18.2. The third-order valence-corrected chi connectivity index (χ3v) is 3.95. The molecule has 0 aliphatic rings. The molecule has 6 nitrogen and oxygen atoms in total. The predicted molar refractivity (Wildman–Crippen MR) is 91.9 cm³/mol. The molecule has 1 N–H and O–H groups in total. The summed E-state index contributed by atoms with van der Waals surface area (Å²) in [6, 6.07) is 8.88. The molecule has 2 aromatic rings. The van der Waals surface area contributed by atoms with E-state index in [4.69, 9.17) is 4.74 Å². The number of ether oxygens (including phenoxy) is 1. The molecular formula is C16H10Br2NO5-. The van der Waals surface area contributed by atoms with Gasteiger partial charge in [-0.15, -0.1) is 0 Å². The van der Waals surface area contributed by atoms with Gasteiger partial charge < -0.3 is 20.0 Å². The Morgan fingerprint density at radius 3 is 2.46 bits per heavy atom. The monoisotopic (exact) mass is 454 g/mol. The van der Waals surface area contributed by atoms with Gasteiger partial charge in [-0.2, -0.15) is 0 Å². The lowest BCUT2D eigenvalue weighted by Crippen LogP contribution is -2.25.